The third-order valence-corrected chi connectivity index (χ3v) is 0.736. The van der Waals surface area contributed by atoms with Crippen LogP contribution in [0, 0.1) is 0 Å². The second kappa shape index (κ2) is 4.17. The molecule has 0 spiro atoms. The first-order valence-corrected chi connectivity index (χ1v) is 2.36. The highest BCUT2D eigenvalue weighted by Crippen LogP contribution is 1.92. The Morgan fingerprint density at radius 1 is 1.56 bits per heavy atom. The van der Waals surface area contributed by atoms with E-state index in [0.717, 1.165) is 6.08 Å². The van der Waals surface area contributed by atoms with Crippen LogP contribution in [0.3, 0.4) is 0 Å². The Hall–Kier alpha value is -0.740. The van der Waals surface area contributed by atoms with E-state index in [-0.39, 0.29) is 5.95 Å². The van der Waals surface area contributed by atoms with Gasteiger partial charge in [0.15, 0.2) is 6.29 Å². The molecule has 4 nitrogen and oxygen atoms in total. The molecule has 0 fully saturated rings. The van der Waals surface area contributed by atoms with Crippen LogP contribution in [0.1, 0.15) is 0 Å². The zero-order chi connectivity index (χ0) is 7.28. The van der Waals surface area contributed by atoms with Gasteiger partial charge in [0.25, 0.3) is 5.95 Å². The van der Waals surface area contributed by atoms with E-state index in [2.05, 4.69) is 9.47 Å². The minimum Gasteiger partial charge on any atom is -0.481 e. The molecule has 0 aromatic carbocycles. The summed E-state index contributed by atoms with van der Waals surface area (Å²) in [6.45, 7) is 0. The van der Waals surface area contributed by atoms with Crippen molar-refractivity contribution in [2.24, 2.45) is 0 Å². The lowest BCUT2D eigenvalue weighted by molar-refractivity contribution is -0.0419. The molecular formula is C5H10O4. The Morgan fingerprint density at radius 2 is 2.11 bits per heavy atom. The van der Waals surface area contributed by atoms with E-state index in [0.29, 0.717) is 0 Å². The van der Waals surface area contributed by atoms with Crippen LogP contribution in [0.5, 0.6) is 0 Å². The first-order valence-electron chi connectivity index (χ1n) is 2.36. The molecule has 0 saturated heterocycles. The Kier molecular flexibility index (Phi) is 3.83. The van der Waals surface area contributed by atoms with Crippen LogP contribution in [-0.4, -0.2) is 30.7 Å². The molecule has 1 unspecified atom stereocenters. The monoisotopic (exact) mass is 134 g/mol. The third kappa shape index (κ3) is 3.81. The highest BCUT2D eigenvalue weighted by molar-refractivity contribution is 4.83. The molecule has 0 aliphatic heterocycles. The molecule has 0 heterocycles. The van der Waals surface area contributed by atoms with Gasteiger partial charge in [0, 0.05) is 7.11 Å². The summed E-state index contributed by atoms with van der Waals surface area (Å²) in [6.07, 6.45) is -0.0788. The van der Waals surface area contributed by atoms with Crippen LogP contribution in [0.4, 0.5) is 0 Å². The van der Waals surface area contributed by atoms with Gasteiger partial charge < -0.3 is 19.7 Å². The lowest BCUT2D eigenvalue weighted by atomic mass is 10.6. The number of methoxy groups -OCH3 is 2. The molecule has 54 valence electrons. The smallest absolute Gasteiger partial charge is 0.277 e. The van der Waals surface area contributed by atoms with Crippen molar-refractivity contribution < 1.29 is 19.7 Å². The number of hydrogen-bond acceptors (Lipinski definition) is 4. The van der Waals surface area contributed by atoms with Gasteiger partial charge in [-0.15, -0.1) is 0 Å². The van der Waals surface area contributed by atoms with E-state index in [4.69, 9.17) is 10.2 Å². The summed E-state index contributed by atoms with van der Waals surface area (Å²) >= 11 is 0. The maximum atomic E-state index is 8.62. The number of ether oxygens (including phenoxy) is 2. The van der Waals surface area contributed by atoms with Crippen LogP contribution in [-0.2, 0) is 9.47 Å². The fourth-order valence-corrected chi connectivity index (χ4v) is 0.258. The van der Waals surface area contributed by atoms with Gasteiger partial charge in [-0.2, -0.15) is 0 Å². The van der Waals surface area contributed by atoms with Crippen molar-refractivity contribution >= 4 is 0 Å². The lowest BCUT2D eigenvalue weighted by Crippen LogP contribution is -2.05. The van der Waals surface area contributed by atoms with Gasteiger partial charge >= 0.3 is 0 Å². The highest BCUT2D eigenvalue weighted by atomic mass is 16.6. The fraction of sp³-hybridized carbons (Fsp3) is 0.600. The average Bonchev–Trinajstić information content (AvgIpc) is 1.87. The van der Waals surface area contributed by atoms with E-state index in [1.54, 1.807) is 0 Å². The van der Waals surface area contributed by atoms with E-state index in [9.17, 15) is 0 Å². The summed E-state index contributed by atoms with van der Waals surface area (Å²) in [4.78, 5) is 0. The van der Waals surface area contributed by atoms with E-state index < -0.39 is 6.29 Å². The number of hydrogen-bond donors (Lipinski definition) is 2. The number of aliphatic hydroxyl groups is 2. The second-order valence-electron chi connectivity index (χ2n) is 1.34. The summed E-state index contributed by atoms with van der Waals surface area (Å²) in [7, 11) is 2.60. The van der Waals surface area contributed by atoms with Gasteiger partial charge in [-0.05, 0) is 0 Å². The summed E-state index contributed by atoms with van der Waals surface area (Å²) < 4.78 is 8.66. The first kappa shape index (κ1) is 8.26. The molecule has 0 rings (SSSR count). The van der Waals surface area contributed by atoms with Crippen LogP contribution in [0.2, 0.25) is 0 Å². The standard InChI is InChI=1S/C5H10O4/c1-8-4(6)3-5(7)9-2/h3-4,6-7H,1-2H3. The number of rotatable bonds is 3. The molecule has 0 radical (unpaired) electrons. The normalized spacial score (nSPS) is 15.2. The maximum Gasteiger partial charge on any atom is 0.277 e. The quantitative estimate of drug-likeness (QED) is 0.421. The van der Waals surface area contributed by atoms with Crippen molar-refractivity contribution in [2.45, 2.75) is 6.29 Å². The van der Waals surface area contributed by atoms with Gasteiger partial charge in [0.2, 0.25) is 0 Å². The molecule has 0 aliphatic rings. The van der Waals surface area contributed by atoms with Gasteiger partial charge in [-0.25, -0.2) is 0 Å². The molecule has 0 amide bonds. The summed E-state index contributed by atoms with van der Waals surface area (Å²) in [5.41, 5.74) is 0. The highest BCUT2D eigenvalue weighted by Gasteiger charge is 1.97. The fourth-order valence-electron chi connectivity index (χ4n) is 0.258. The Labute approximate surface area is 53.3 Å². The maximum absolute atomic E-state index is 8.62. The van der Waals surface area contributed by atoms with Crippen molar-refractivity contribution in [3.8, 4) is 0 Å². The number of aliphatic hydroxyl groups excluding tert-OH is 2. The molecule has 4 heteroatoms. The van der Waals surface area contributed by atoms with Crippen LogP contribution >= 0.6 is 0 Å². The zero-order valence-corrected chi connectivity index (χ0v) is 5.37. The van der Waals surface area contributed by atoms with Crippen LogP contribution in [0.15, 0.2) is 12.0 Å². The third-order valence-electron chi connectivity index (χ3n) is 0.736. The molecule has 0 bridgehead atoms. The van der Waals surface area contributed by atoms with Gasteiger partial charge in [-0.1, -0.05) is 0 Å². The Balaban J connectivity index is 3.64. The van der Waals surface area contributed by atoms with Crippen molar-refractivity contribution in [1.29, 1.82) is 0 Å². The molecule has 1 atom stereocenters. The first-order chi connectivity index (χ1) is 4.20. The van der Waals surface area contributed by atoms with Crippen molar-refractivity contribution in [2.75, 3.05) is 14.2 Å². The summed E-state index contributed by atoms with van der Waals surface area (Å²) in [6, 6.07) is 0. The summed E-state index contributed by atoms with van der Waals surface area (Å²) in [5.74, 6) is -0.357. The van der Waals surface area contributed by atoms with Crippen molar-refractivity contribution in [3.05, 3.63) is 12.0 Å². The molecular weight excluding hydrogens is 124 g/mol. The predicted octanol–water partition coefficient (Wildman–Crippen LogP) is -0.00300. The zero-order valence-electron chi connectivity index (χ0n) is 5.37. The lowest BCUT2D eigenvalue weighted by Gasteiger charge is -2.01. The Morgan fingerprint density at radius 3 is 2.44 bits per heavy atom. The van der Waals surface area contributed by atoms with Crippen molar-refractivity contribution in [3.63, 3.8) is 0 Å². The van der Waals surface area contributed by atoms with E-state index in [1.807, 2.05) is 0 Å². The minimum atomic E-state index is -1.11. The molecule has 0 aliphatic carbocycles. The SMILES string of the molecule is COC(O)=CC(O)OC. The van der Waals surface area contributed by atoms with Gasteiger partial charge in [0.05, 0.1) is 13.2 Å². The Bertz CT molecular complexity index is 99.1. The summed E-state index contributed by atoms with van der Waals surface area (Å²) in [5, 5.41) is 17.2. The van der Waals surface area contributed by atoms with Gasteiger partial charge in [0.1, 0.15) is 0 Å². The molecule has 0 aromatic rings. The largest absolute Gasteiger partial charge is 0.481 e. The predicted molar refractivity (Wildman–Crippen MR) is 30.7 cm³/mol. The van der Waals surface area contributed by atoms with Gasteiger partial charge in [-0.3, -0.25) is 0 Å². The van der Waals surface area contributed by atoms with Crippen LogP contribution < -0.4 is 0 Å². The average molecular weight is 134 g/mol. The molecule has 2 N–H and O–H groups in total. The minimum absolute atomic E-state index is 0.357. The topological polar surface area (TPSA) is 58.9 Å². The van der Waals surface area contributed by atoms with E-state index >= 15 is 0 Å². The van der Waals surface area contributed by atoms with Crippen molar-refractivity contribution in [1.82, 2.24) is 0 Å². The molecule has 0 saturated carbocycles. The second-order valence-corrected chi connectivity index (χ2v) is 1.34. The van der Waals surface area contributed by atoms with Crippen LogP contribution in [0.25, 0.3) is 0 Å². The van der Waals surface area contributed by atoms with E-state index in [1.165, 1.54) is 14.2 Å². The molecule has 0 aromatic heterocycles. The molecule has 9 heavy (non-hydrogen) atoms.